The molecule has 0 aromatic heterocycles. The first-order valence-electron chi connectivity index (χ1n) is 9.86. The highest BCUT2D eigenvalue weighted by Crippen LogP contribution is 2.24. The van der Waals surface area contributed by atoms with Gasteiger partial charge in [-0.1, -0.05) is 11.8 Å². The third-order valence-corrected chi connectivity index (χ3v) is 5.23. The highest BCUT2D eigenvalue weighted by molar-refractivity contribution is 8.14. The van der Waals surface area contributed by atoms with Gasteiger partial charge < -0.3 is 19.3 Å². The van der Waals surface area contributed by atoms with Crippen LogP contribution in [-0.4, -0.2) is 90.5 Å². The molecule has 2 amide bonds. The molecule has 0 saturated carbocycles. The van der Waals surface area contributed by atoms with Gasteiger partial charge in [0.25, 0.3) is 10.1 Å². The SMILES string of the molecule is CC(=O)SC1CN(C(=O)OC(C)(C)C)C1.CC(C)(C)OC(=O)N1CC(OS(C)(=O)=O)C1. The summed E-state index contributed by atoms with van der Waals surface area (Å²) < 4.78 is 36.6. The summed E-state index contributed by atoms with van der Waals surface area (Å²) in [6.07, 6.45) is -0.186. The van der Waals surface area contributed by atoms with Crippen LogP contribution < -0.4 is 0 Å². The van der Waals surface area contributed by atoms with Gasteiger partial charge in [-0.05, 0) is 41.5 Å². The fraction of sp³-hybridized carbons (Fsp3) is 0.842. The van der Waals surface area contributed by atoms with E-state index in [0.29, 0.717) is 13.1 Å². The van der Waals surface area contributed by atoms with Crippen LogP contribution in [0.15, 0.2) is 0 Å². The van der Waals surface area contributed by atoms with Crippen LogP contribution in [0, 0.1) is 0 Å². The third kappa shape index (κ3) is 11.6. The number of likely N-dealkylation sites (tertiary alicyclic amines) is 2. The van der Waals surface area contributed by atoms with E-state index in [0.717, 1.165) is 6.26 Å². The number of carbonyl (C=O) groups excluding carboxylic acids is 3. The second kappa shape index (κ2) is 10.4. The molecular weight excluding hydrogens is 448 g/mol. The summed E-state index contributed by atoms with van der Waals surface area (Å²) in [6.45, 7) is 14.1. The van der Waals surface area contributed by atoms with E-state index in [2.05, 4.69) is 0 Å². The number of thioether (sulfide) groups is 1. The molecule has 2 aliphatic heterocycles. The minimum atomic E-state index is -3.45. The molecule has 2 rings (SSSR count). The molecule has 0 spiro atoms. The number of amides is 2. The van der Waals surface area contributed by atoms with Gasteiger partial charge in [0.05, 0.1) is 19.3 Å². The Bertz CT molecular complexity index is 759. The van der Waals surface area contributed by atoms with Crippen LogP contribution in [-0.2, 0) is 28.6 Å². The molecule has 0 bridgehead atoms. The second-order valence-corrected chi connectivity index (χ2v) is 12.5. The maximum absolute atomic E-state index is 11.5. The summed E-state index contributed by atoms with van der Waals surface area (Å²) >= 11 is 1.29. The van der Waals surface area contributed by atoms with Crippen LogP contribution in [0.1, 0.15) is 48.5 Å². The van der Waals surface area contributed by atoms with Gasteiger partial charge in [-0.3, -0.25) is 8.98 Å². The van der Waals surface area contributed by atoms with Crippen molar-refractivity contribution < 1.29 is 36.5 Å². The first-order valence-corrected chi connectivity index (χ1v) is 12.6. The Morgan fingerprint density at radius 3 is 1.55 bits per heavy atom. The molecule has 0 atom stereocenters. The smallest absolute Gasteiger partial charge is 0.410 e. The highest BCUT2D eigenvalue weighted by atomic mass is 32.2. The van der Waals surface area contributed by atoms with E-state index < -0.39 is 33.5 Å². The van der Waals surface area contributed by atoms with Crippen molar-refractivity contribution in [2.24, 2.45) is 0 Å². The molecule has 0 radical (unpaired) electrons. The zero-order chi connectivity index (χ0) is 24.2. The maximum atomic E-state index is 11.5. The molecule has 0 unspecified atom stereocenters. The van der Waals surface area contributed by atoms with Crippen molar-refractivity contribution in [3.63, 3.8) is 0 Å². The molecule has 10 nitrogen and oxygen atoms in total. The van der Waals surface area contributed by atoms with Crippen molar-refractivity contribution in [2.45, 2.75) is 71.0 Å². The molecule has 2 heterocycles. The Labute approximate surface area is 189 Å². The standard InChI is InChI=1S/C10H17NO3S.C9H17NO5S/c1-7(12)15-8-5-11(6-8)9(13)14-10(2,3)4;1-9(2,3)14-8(11)10-5-7(6-10)15-16(4,12)13/h8H,5-6H2,1-4H3;7H,5-6H2,1-4H3. The molecule has 0 aromatic rings. The van der Waals surface area contributed by atoms with Crippen LogP contribution in [0.4, 0.5) is 9.59 Å². The van der Waals surface area contributed by atoms with Gasteiger partial charge in [0.1, 0.15) is 17.3 Å². The number of carbonyl (C=O) groups is 3. The van der Waals surface area contributed by atoms with Crippen LogP contribution in [0.25, 0.3) is 0 Å². The van der Waals surface area contributed by atoms with Crippen LogP contribution >= 0.6 is 11.8 Å². The third-order valence-electron chi connectivity index (χ3n) is 3.64. The number of ether oxygens (including phenoxy) is 2. The first-order chi connectivity index (χ1) is 13.8. The number of hydrogen-bond acceptors (Lipinski definition) is 9. The van der Waals surface area contributed by atoms with E-state index in [1.807, 2.05) is 20.8 Å². The van der Waals surface area contributed by atoms with E-state index in [1.54, 1.807) is 32.6 Å². The molecular formula is C19H34N2O8S2. The van der Waals surface area contributed by atoms with Crippen molar-refractivity contribution in [3.8, 4) is 0 Å². The van der Waals surface area contributed by atoms with Gasteiger partial charge in [-0.2, -0.15) is 8.42 Å². The Kier molecular flexibility index (Phi) is 9.22. The Hall–Kier alpha value is -1.53. The molecule has 2 fully saturated rings. The quantitative estimate of drug-likeness (QED) is 0.559. The summed E-state index contributed by atoms with van der Waals surface area (Å²) in [5.41, 5.74) is -0.990. The normalized spacial score (nSPS) is 17.7. The number of hydrogen-bond donors (Lipinski definition) is 0. The lowest BCUT2D eigenvalue weighted by molar-refractivity contribution is -0.109. The van der Waals surface area contributed by atoms with E-state index in [9.17, 15) is 22.8 Å². The predicted octanol–water partition coefficient (Wildman–Crippen LogP) is 2.47. The number of rotatable bonds is 3. The highest BCUT2D eigenvalue weighted by Gasteiger charge is 2.36. The fourth-order valence-electron chi connectivity index (χ4n) is 2.44. The van der Waals surface area contributed by atoms with Crippen molar-refractivity contribution >= 4 is 39.2 Å². The summed E-state index contributed by atoms with van der Waals surface area (Å²) in [5.74, 6) is 0. The molecule has 0 N–H and O–H groups in total. The molecule has 180 valence electrons. The first kappa shape index (κ1) is 27.5. The van der Waals surface area contributed by atoms with Gasteiger partial charge in [-0.15, -0.1) is 0 Å². The Morgan fingerprint density at radius 1 is 0.839 bits per heavy atom. The summed E-state index contributed by atoms with van der Waals surface area (Å²) in [5, 5.41) is 0.346. The van der Waals surface area contributed by atoms with Crippen LogP contribution in [0.2, 0.25) is 0 Å². The van der Waals surface area contributed by atoms with E-state index >= 15 is 0 Å². The lowest BCUT2D eigenvalue weighted by Crippen LogP contribution is -2.56. The summed E-state index contributed by atoms with van der Waals surface area (Å²) in [4.78, 5) is 36.7. The predicted molar refractivity (Wildman–Crippen MR) is 117 cm³/mol. The minimum absolute atomic E-state index is 0.101. The summed E-state index contributed by atoms with van der Waals surface area (Å²) in [6, 6.07) is 0. The Morgan fingerprint density at radius 2 is 1.23 bits per heavy atom. The van der Waals surface area contributed by atoms with Gasteiger partial charge in [0.15, 0.2) is 5.12 Å². The minimum Gasteiger partial charge on any atom is -0.444 e. The van der Waals surface area contributed by atoms with Crippen molar-refractivity contribution in [3.05, 3.63) is 0 Å². The second-order valence-electron chi connectivity index (χ2n) is 9.42. The zero-order valence-electron chi connectivity index (χ0n) is 19.5. The maximum Gasteiger partial charge on any atom is 0.410 e. The Balaban J connectivity index is 0.000000311. The summed E-state index contributed by atoms with van der Waals surface area (Å²) in [7, 11) is -3.45. The fourth-order valence-corrected chi connectivity index (χ4v) is 4.04. The van der Waals surface area contributed by atoms with Crippen molar-refractivity contribution in [1.82, 2.24) is 9.80 Å². The van der Waals surface area contributed by atoms with Crippen molar-refractivity contribution in [1.29, 1.82) is 0 Å². The van der Waals surface area contributed by atoms with E-state index in [4.69, 9.17) is 13.7 Å². The molecule has 0 aromatic carbocycles. The monoisotopic (exact) mass is 482 g/mol. The zero-order valence-corrected chi connectivity index (χ0v) is 21.1. The molecule has 31 heavy (non-hydrogen) atoms. The van der Waals surface area contributed by atoms with Gasteiger partial charge >= 0.3 is 12.2 Å². The molecule has 2 aliphatic rings. The molecule has 12 heteroatoms. The topological polar surface area (TPSA) is 120 Å². The largest absolute Gasteiger partial charge is 0.444 e. The molecule has 2 saturated heterocycles. The van der Waals surface area contributed by atoms with Gasteiger partial charge in [0, 0.05) is 25.3 Å². The lowest BCUT2D eigenvalue weighted by atomic mass is 10.2. The van der Waals surface area contributed by atoms with Crippen LogP contribution in [0.5, 0.6) is 0 Å². The average Bonchev–Trinajstić information content (AvgIpc) is 2.41. The van der Waals surface area contributed by atoms with Crippen LogP contribution in [0.3, 0.4) is 0 Å². The molecule has 0 aliphatic carbocycles. The number of nitrogens with zero attached hydrogens (tertiary/aromatic N) is 2. The van der Waals surface area contributed by atoms with E-state index in [-0.39, 0.29) is 29.5 Å². The average molecular weight is 483 g/mol. The lowest BCUT2D eigenvalue weighted by Gasteiger charge is -2.38. The van der Waals surface area contributed by atoms with Gasteiger partial charge in [-0.25, -0.2) is 9.59 Å². The van der Waals surface area contributed by atoms with Crippen molar-refractivity contribution in [2.75, 3.05) is 32.4 Å². The van der Waals surface area contributed by atoms with Gasteiger partial charge in [0.2, 0.25) is 0 Å². The van der Waals surface area contributed by atoms with E-state index in [1.165, 1.54) is 16.7 Å².